The predicted molar refractivity (Wildman–Crippen MR) is 86.9 cm³/mol. The number of nitrogens with zero attached hydrogens (tertiary/aromatic N) is 4. The molecule has 0 aliphatic heterocycles. The lowest BCUT2D eigenvalue weighted by molar-refractivity contribution is -0.118. The van der Waals surface area contributed by atoms with Crippen molar-refractivity contribution in [2.45, 2.75) is 59.5 Å². The van der Waals surface area contributed by atoms with Crippen LogP contribution >= 0.6 is 0 Å². The summed E-state index contributed by atoms with van der Waals surface area (Å²) in [6, 6.07) is 1.91. The van der Waals surface area contributed by atoms with Crippen molar-refractivity contribution in [3.63, 3.8) is 0 Å². The minimum atomic E-state index is -0.312. The summed E-state index contributed by atoms with van der Waals surface area (Å²) >= 11 is 0. The third-order valence-electron chi connectivity index (χ3n) is 4.06. The van der Waals surface area contributed by atoms with E-state index >= 15 is 0 Å². The van der Waals surface area contributed by atoms with Crippen LogP contribution in [0.2, 0.25) is 0 Å². The number of rotatable bonds is 6. The molecule has 0 aromatic carbocycles. The molecule has 0 spiro atoms. The van der Waals surface area contributed by atoms with Crippen LogP contribution < -0.4 is 5.32 Å². The lowest BCUT2D eigenvalue weighted by Gasteiger charge is -2.19. The molecule has 6 nitrogen and oxygen atoms in total. The molecule has 0 bridgehead atoms. The fraction of sp³-hybridized carbons (Fsp3) is 0.562. The topological polar surface area (TPSA) is 64.7 Å². The minimum Gasteiger partial charge on any atom is -0.323 e. The molecule has 0 radical (unpaired) electrons. The van der Waals surface area contributed by atoms with Gasteiger partial charge in [0.25, 0.3) is 0 Å². The highest BCUT2D eigenvalue weighted by molar-refractivity contribution is 5.92. The number of carbonyl (C=O) groups is 1. The summed E-state index contributed by atoms with van der Waals surface area (Å²) in [7, 11) is 0. The standard InChI is InChI=1S/C16H25N5O/c1-6-14(7-2)21-15(10-11(3)19-21)18-16(22)12(4)20-9-8-17-13(20)5/h8-10,12,14H,6-7H2,1-5H3,(H,18,22)/t12-/m0/s1. The number of amides is 1. The number of carbonyl (C=O) groups excluding carboxylic acids is 1. The van der Waals surface area contributed by atoms with Crippen molar-refractivity contribution in [1.82, 2.24) is 19.3 Å². The van der Waals surface area contributed by atoms with Crippen LogP contribution in [0.5, 0.6) is 0 Å². The first kappa shape index (κ1) is 16.3. The Morgan fingerprint density at radius 1 is 1.32 bits per heavy atom. The maximum atomic E-state index is 12.5. The van der Waals surface area contributed by atoms with E-state index in [2.05, 4.69) is 29.2 Å². The summed E-state index contributed by atoms with van der Waals surface area (Å²) in [6.45, 7) is 9.97. The number of hydrogen-bond acceptors (Lipinski definition) is 3. The first-order valence-electron chi connectivity index (χ1n) is 7.84. The highest BCUT2D eigenvalue weighted by Gasteiger charge is 2.20. The van der Waals surface area contributed by atoms with Crippen LogP contribution in [0, 0.1) is 13.8 Å². The lowest BCUT2D eigenvalue weighted by atomic mass is 10.2. The fourth-order valence-corrected chi connectivity index (χ4v) is 2.68. The van der Waals surface area contributed by atoms with Gasteiger partial charge in [0.1, 0.15) is 17.7 Å². The van der Waals surface area contributed by atoms with Crippen molar-refractivity contribution >= 4 is 11.7 Å². The normalized spacial score (nSPS) is 12.6. The van der Waals surface area contributed by atoms with Gasteiger partial charge in [-0.25, -0.2) is 9.67 Å². The van der Waals surface area contributed by atoms with Gasteiger partial charge in [0.2, 0.25) is 5.91 Å². The van der Waals surface area contributed by atoms with E-state index in [9.17, 15) is 4.79 Å². The number of nitrogens with one attached hydrogen (secondary N) is 1. The van der Waals surface area contributed by atoms with Crippen LogP contribution in [0.15, 0.2) is 18.5 Å². The minimum absolute atomic E-state index is 0.0618. The Labute approximate surface area is 131 Å². The van der Waals surface area contributed by atoms with E-state index in [-0.39, 0.29) is 11.9 Å². The van der Waals surface area contributed by atoms with Gasteiger partial charge in [-0.1, -0.05) is 13.8 Å². The molecule has 0 fully saturated rings. The molecule has 2 rings (SSSR count). The average Bonchev–Trinajstić information content (AvgIpc) is 3.06. The maximum Gasteiger partial charge on any atom is 0.248 e. The SMILES string of the molecule is CCC(CC)n1nc(C)cc1NC(=O)[C@H](C)n1ccnc1C. The van der Waals surface area contributed by atoms with E-state index < -0.39 is 0 Å². The first-order chi connectivity index (χ1) is 10.5. The van der Waals surface area contributed by atoms with E-state index in [1.54, 1.807) is 6.20 Å². The smallest absolute Gasteiger partial charge is 0.248 e. The molecule has 22 heavy (non-hydrogen) atoms. The Balaban J connectivity index is 2.20. The second kappa shape index (κ2) is 6.77. The van der Waals surface area contributed by atoms with Crippen molar-refractivity contribution in [1.29, 1.82) is 0 Å². The zero-order valence-corrected chi connectivity index (χ0v) is 14.0. The summed E-state index contributed by atoms with van der Waals surface area (Å²) in [4.78, 5) is 16.7. The van der Waals surface area contributed by atoms with Crippen LogP contribution in [0.25, 0.3) is 0 Å². The van der Waals surface area contributed by atoms with Gasteiger partial charge in [0, 0.05) is 18.5 Å². The average molecular weight is 303 g/mol. The predicted octanol–water partition coefficient (Wildman–Crippen LogP) is 3.26. The van der Waals surface area contributed by atoms with E-state index in [1.165, 1.54) is 0 Å². The Hall–Kier alpha value is -2.11. The Morgan fingerprint density at radius 3 is 2.55 bits per heavy atom. The molecule has 0 saturated heterocycles. The van der Waals surface area contributed by atoms with Crippen molar-refractivity contribution in [2.75, 3.05) is 5.32 Å². The molecule has 1 atom stereocenters. The number of imidazole rings is 1. The zero-order chi connectivity index (χ0) is 16.3. The second-order valence-electron chi connectivity index (χ2n) is 5.63. The summed E-state index contributed by atoms with van der Waals surface area (Å²) in [5.74, 6) is 1.53. The zero-order valence-electron chi connectivity index (χ0n) is 14.0. The quantitative estimate of drug-likeness (QED) is 0.891. The van der Waals surface area contributed by atoms with Gasteiger partial charge in [-0.2, -0.15) is 5.10 Å². The van der Waals surface area contributed by atoms with E-state index in [1.807, 2.05) is 42.3 Å². The van der Waals surface area contributed by atoms with Gasteiger partial charge < -0.3 is 9.88 Å². The van der Waals surface area contributed by atoms with E-state index in [0.717, 1.165) is 30.2 Å². The lowest BCUT2D eigenvalue weighted by Crippen LogP contribution is -2.26. The van der Waals surface area contributed by atoms with Crippen molar-refractivity contribution in [3.8, 4) is 0 Å². The van der Waals surface area contributed by atoms with Crippen LogP contribution in [-0.4, -0.2) is 25.2 Å². The summed E-state index contributed by atoms with van der Waals surface area (Å²) in [5.41, 5.74) is 0.911. The second-order valence-corrected chi connectivity index (χ2v) is 5.63. The molecule has 2 heterocycles. The molecule has 1 amide bonds. The van der Waals surface area contributed by atoms with Gasteiger partial charge in [-0.05, 0) is 33.6 Å². The fourth-order valence-electron chi connectivity index (χ4n) is 2.68. The molecule has 2 aromatic rings. The molecule has 2 aromatic heterocycles. The highest BCUT2D eigenvalue weighted by atomic mass is 16.2. The summed E-state index contributed by atoms with van der Waals surface area (Å²) in [6.07, 6.45) is 5.49. The van der Waals surface area contributed by atoms with Crippen LogP contribution in [0.3, 0.4) is 0 Å². The van der Waals surface area contributed by atoms with E-state index in [4.69, 9.17) is 0 Å². The molecule has 0 saturated carbocycles. The summed E-state index contributed by atoms with van der Waals surface area (Å²) < 4.78 is 3.79. The Bertz CT molecular complexity index is 639. The van der Waals surface area contributed by atoms with Gasteiger partial charge in [0.15, 0.2) is 0 Å². The number of aryl methyl sites for hydroxylation is 2. The monoisotopic (exact) mass is 303 g/mol. The third kappa shape index (κ3) is 3.21. The van der Waals surface area contributed by atoms with Gasteiger partial charge >= 0.3 is 0 Å². The summed E-state index contributed by atoms with van der Waals surface area (Å²) in [5, 5.41) is 7.54. The number of hydrogen-bond donors (Lipinski definition) is 1. The molecule has 0 aliphatic rings. The molecule has 6 heteroatoms. The molecule has 1 N–H and O–H groups in total. The largest absolute Gasteiger partial charge is 0.323 e. The van der Waals surface area contributed by atoms with Crippen LogP contribution in [0.1, 0.15) is 57.2 Å². The van der Waals surface area contributed by atoms with E-state index in [0.29, 0.717) is 6.04 Å². The van der Waals surface area contributed by atoms with Crippen molar-refractivity contribution in [3.05, 3.63) is 30.0 Å². The maximum absolute atomic E-state index is 12.5. The van der Waals surface area contributed by atoms with Gasteiger partial charge in [-0.3, -0.25) is 4.79 Å². The Morgan fingerprint density at radius 2 is 2.00 bits per heavy atom. The van der Waals surface area contributed by atoms with Crippen LogP contribution in [-0.2, 0) is 4.79 Å². The van der Waals surface area contributed by atoms with Crippen molar-refractivity contribution < 1.29 is 4.79 Å². The molecular weight excluding hydrogens is 278 g/mol. The first-order valence-corrected chi connectivity index (χ1v) is 7.84. The number of aromatic nitrogens is 4. The van der Waals surface area contributed by atoms with Gasteiger partial charge in [0.05, 0.1) is 11.7 Å². The third-order valence-corrected chi connectivity index (χ3v) is 4.06. The molecule has 0 unspecified atom stereocenters. The molecule has 120 valence electrons. The number of anilines is 1. The van der Waals surface area contributed by atoms with Gasteiger partial charge in [-0.15, -0.1) is 0 Å². The highest BCUT2D eigenvalue weighted by Crippen LogP contribution is 2.23. The molecular formula is C16H25N5O. The molecule has 0 aliphatic carbocycles. The van der Waals surface area contributed by atoms with Crippen molar-refractivity contribution in [2.24, 2.45) is 0 Å². The van der Waals surface area contributed by atoms with Crippen LogP contribution in [0.4, 0.5) is 5.82 Å². The Kier molecular flexibility index (Phi) is 5.00.